The minimum atomic E-state index is 0.316. The topological polar surface area (TPSA) is 49.0 Å². The lowest BCUT2D eigenvalue weighted by Crippen LogP contribution is -2.32. The molecule has 1 aromatic rings. The fourth-order valence-electron chi connectivity index (χ4n) is 2.29. The fourth-order valence-corrected chi connectivity index (χ4v) is 2.29. The summed E-state index contributed by atoms with van der Waals surface area (Å²) in [5.41, 5.74) is 0.984. The highest BCUT2D eigenvalue weighted by atomic mass is 16.5. The second-order valence-corrected chi connectivity index (χ2v) is 4.83. The lowest BCUT2D eigenvalue weighted by molar-refractivity contribution is 0.161. The maximum Gasteiger partial charge on any atom is 0.130 e. The van der Waals surface area contributed by atoms with E-state index in [0.717, 1.165) is 35.7 Å². The summed E-state index contributed by atoms with van der Waals surface area (Å²) in [4.78, 5) is 0. The van der Waals surface area contributed by atoms with E-state index in [0.29, 0.717) is 19.2 Å². The molecule has 0 heterocycles. The van der Waals surface area contributed by atoms with Crippen LogP contribution in [0.5, 0.6) is 17.2 Å². The van der Waals surface area contributed by atoms with E-state index in [2.05, 4.69) is 12.2 Å². The van der Waals surface area contributed by atoms with Gasteiger partial charge in [-0.05, 0) is 6.42 Å². The van der Waals surface area contributed by atoms with Gasteiger partial charge in [0.05, 0.1) is 33.5 Å². The van der Waals surface area contributed by atoms with Crippen molar-refractivity contribution >= 4 is 0 Å². The summed E-state index contributed by atoms with van der Waals surface area (Å²) in [5, 5.41) is 3.50. The highest BCUT2D eigenvalue weighted by Crippen LogP contribution is 2.33. The molecule has 0 spiro atoms. The van der Waals surface area contributed by atoms with Crippen LogP contribution >= 0.6 is 0 Å². The van der Waals surface area contributed by atoms with Gasteiger partial charge in [0.2, 0.25) is 0 Å². The number of hydrogen-bond donors (Lipinski definition) is 1. The molecule has 0 saturated carbocycles. The Labute approximate surface area is 127 Å². The molecule has 0 aliphatic carbocycles. The van der Waals surface area contributed by atoms with Crippen LogP contribution in [0.25, 0.3) is 0 Å². The SMILES string of the molecule is CCCC(COC)NCc1c(OC)cc(OC)cc1OC. The van der Waals surface area contributed by atoms with Crippen LogP contribution in [-0.2, 0) is 11.3 Å². The van der Waals surface area contributed by atoms with E-state index in [1.807, 2.05) is 12.1 Å². The van der Waals surface area contributed by atoms with Gasteiger partial charge in [0.1, 0.15) is 17.2 Å². The van der Waals surface area contributed by atoms with Crippen molar-refractivity contribution in [3.63, 3.8) is 0 Å². The number of nitrogens with one attached hydrogen (secondary N) is 1. The molecule has 0 bridgehead atoms. The van der Waals surface area contributed by atoms with E-state index in [4.69, 9.17) is 18.9 Å². The predicted octanol–water partition coefficient (Wildman–Crippen LogP) is 2.62. The molecular weight excluding hydrogens is 270 g/mol. The van der Waals surface area contributed by atoms with Gasteiger partial charge in [-0.3, -0.25) is 0 Å². The predicted molar refractivity (Wildman–Crippen MR) is 83.5 cm³/mol. The first-order chi connectivity index (χ1) is 10.2. The van der Waals surface area contributed by atoms with Gasteiger partial charge in [-0.1, -0.05) is 13.3 Å². The Morgan fingerprint density at radius 2 is 1.62 bits per heavy atom. The van der Waals surface area contributed by atoms with Crippen molar-refractivity contribution in [1.29, 1.82) is 0 Å². The van der Waals surface area contributed by atoms with Gasteiger partial charge in [-0.2, -0.15) is 0 Å². The van der Waals surface area contributed by atoms with Crippen LogP contribution in [0.15, 0.2) is 12.1 Å². The molecule has 5 heteroatoms. The van der Waals surface area contributed by atoms with Crippen LogP contribution < -0.4 is 19.5 Å². The molecule has 0 aliphatic heterocycles. The summed E-state index contributed by atoms with van der Waals surface area (Å²) in [7, 11) is 6.65. The maximum atomic E-state index is 5.45. The number of methoxy groups -OCH3 is 4. The fraction of sp³-hybridized carbons (Fsp3) is 0.625. The molecule has 5 nitrogen and oxygen atoms in total. The largest absolute Gasteiger partial charge is 0.496 e. The molecule has 1 aromatic carbocycles. The number of ether oxygens (including phenoxy) is 4. The van der Waals surface area contributed by atoms with Gasteiger partial charge in [0, 0.05) is 31.8 Å². The molecule has 0 aliphatic rings. The Bertz CT molecular complexity index is 392. The molecular formula is C16H27NO4. The van der Waals surface area contributed by atoms with Gasteiger partial charge in [0.15, 0.2) is 0 Å². The van der Waals surface area contributed by atoms with E-state index in [1.54, 1.807) is 28.4 Å². The molecule has 1 atom stereocenters. The number of hydrogen-bond acceptors (Lipinski definition) is 5. The summed E-state index contributed by atoms with van der Waals surface area (Å²) in [6.45, 7) is 3.51. The van der Waals surface area contributed by atoms with Crippen LogP contribution in [0.4, 0.5) is 0 Å². The van der Waals surface area contributed by atoms with E-state index in [-0.39, 0.29) is 0 Å². The molecule has 0 saturated heterocycles. The second-order valence-electron chi connectivity index (χ2n) is 4.83. The zero-order valence-electron chi connectivity index (χ0n) is 13.7. The molecule has 0 radical (unpaired) electrons. The van der Waals surface area contributed by atoms with Crippen LogP contribution in [0.2, 0.25) is 0 Å². The van der Waals surface area contributed by atoms with Gasteiger partial charge < -0.3 is 24.3 Å². The Hall–Kier alpha value is -1.46. The monoisotopic (exact) mass is 297 g/mol. The first kappa shape index (κ1) is 17.6. The number of rotatable bonds is 10. The first-order valence-electron chi connectivity index (χ1n) is 7.21. The van der Waals surface area contributed by atoms with Crippen LogP contribution in [-0.4, -0.2) is 41.1 Å². The smallest absolute Gasteiger partial charge is 0.130 e. The van der Waals surface area contributed by atoms with E-state index < -0.39 is 0 Å². The van der Waals surface area contributed by atoms with Crippen LogP contribution in [0.3, 0.4) is 0 Å². The summed E-state index contributed by atoms with van der Waals surface area (Å²) in [5.74, 6) is 2.23. The third-order valence-corrected chi connectivity index (χ3v) is 3.39. The van der Waals surface area contributed by atoms with E-state index in [1.165, 1.54) is 0 Å². The third-order valence-electron chi connectivity index (χ3n) is 3.39. The quantitative estimate of drug-likeness (QED) is 0.719. The molecule has 1 unspecified atom stereocenters. The van der Waals surface area contributed by atoms with Gasteiger partial charge in [-0.15, -0.1) is 0 Å². The van der Waals surface area contributed by atoms with E-state index >= 15 is 0 Å². The zero-order chi connectivity index (χ0) is 15.7. The van der Waals surface area contributed by atoms with Gasteiger partial charge in [0.25, 0.3) is 0 Å². The van der Waals surface area contributed by atoms with Crippen molar-refractivity contribution in [2.75, 3.05) is 35.0 Å². The molecule has 21 heavy (non-hydrogen) atoms. The van der Waals surface area contributed by atoms with Gasteiger partial charge >= 0.3 is 0 Å². The van der Waals surface area contributed by atoms with Crippen molar-refractivity contribution in [3.8, 4) is 17.2 Å². The Balaban J connectivity index is 2.89. The molecule has 120 valence electrons. The van der Waals surface area contributed by atoms with E-state index in [9.17, 15) is 0 Å². The average molecular weight is 297 g/mol. The minimum Gasteiger partial charge on any atom is -0.496 e. The van der Waals surface area contributed by atoms with Crippen LogP contribution in [0.1, 0.15) is 25.3 Å². The number of benzene rings is 1. The van der Waals surface area contributed by atoms with Crippen LogP contribution in [0, 0.1) is 0 Å². The lowest BCUT2D eigenvalue weighted by atomic mass is 10.1. The Morgan fingerprint density at radius 1 is 1.00 bits per heavy atom. The zero-order valence-corrected chi connectivity index (χ0v) is 13.7. The molecule has 1 rings (SSSR count). The maximum absolute atomic E-state index is 5.45. The summed E-state index contributed by atoms with van der Waals surface area (Å²) < 4.78 is 21.4. The highest BCUT2D eigenvalue weighted by Gasteiger charge is 2.15. The van der Waals surface area contributed by atoms with Crippen molar-refractivity contribution in [3.05, 3.63) is 17.7 Å². The summed E-state index contributed by atoms with van der Waals surface area (Å²) in [6, 6.07) is 4.05. The summed E-state index contributed by atoms with van der Waals surface area (Å²) >= 11 is 0. The van der Waals surface area contributed by atoms with Crippen molar-refractivity contribution in [2.24, 2.45) is 0 Å². The highest BCUT2D eigenvalue weighted by molar-refractivity contribution is 5.50. The normalized spacial score (nSPS) is 12.0. The average Bonchev–Trinajstić information content (AvgIpc) is 2.52. The Morgan fingerprint density at radius 3 is 2.05 bits per heavy atom. The third kappa shape index (κ3) is 5.10. The molecule has 0 aromatic heterocycles. The lowest BCUT2D eigenvalue weighted by Gasteiger charge is -2.20. The standard InChI is InChI=1S/C16H27NO4/c1-6-7-12(11-18-2)17-10-14-15(20-4)8-13(19-3)9-16(14)21-5/h8-9,12,17H,6-7,10-11H2,1-5H3. The van der Waals surface area contributed by atoms with Crippen molar-refractivity contribution in [1.82, 2.24) is 5.32 Å². The first-order valence-corrected chi connectivity index (χ1v) is 7.21. The van der Waals surface area contributed by atoms with Crippen molar-refractivity contribution < 1.29 is 18.9 Å². The second kappa shape index (κ2) is 9.47. The van der Waals surface area contributed by atoms with Crippen molar-refractivity contribution in [2.45, 2.75) is 32.4 Å². The molecule has 1 N–H and O–H groups in total. The minimum absolute atomic E-state index is 0.316. The summed E-state index contributed by atoms with van der Waals surface area (Å²) in [6.07, 6.45) is 2.17. The Kier molecular flexibility index (Phi) is 7.93. The molecule has 0 fully saturated rings. The van der Waals surface area contributed by atoms with Gasteiger partial charge in [-0.25, -0.2) is 0 Å². The molecule has 0 amide bonds.